The van der Waals surface area contributed by atoms with Gasteiger partial charge in [-0.2, -0.15) is 0 Å². The lowest BCUT2D eigenvalue weighted by atomic mass is 10.0. The van der Waals surface area contributed by atoms with E-state index in [1.165, 1.54) is 0 Å². The van der Waals surface area contributed by atoms with E-state index in [1.54, 1.807) is 12.3 Å². The molecule has 96 valence electrons. The first-order valence-corrected chi connectivity index (χ1v) is 6.69. The van der Waals surface area contributed by atoms with Crippen LogP contribution in [-0.2, 0) is 0 Å². The van der Waals surface area contributed by atoms with Crippen LogP contribution in [0.15, 0.2) is 41.0 Å². The lowest BCUT2D eigenvalue weighted by molar-refractivity contribution is 0.447. The first kappa shape index (κ1) is 13.5. The summed E-state index contributed by atoms with van der Waals surface area (Å²) in [5.41, 5.74) is 0.976. The monoisotopic (exact) mass is 283 g/mol. The van der Waals surface area contributed by atoms with Crippen molar-refractivity contribution >= 4 is 23.2 Å². The van der Waals surface area contributed by atoms with Crippen molar-refractivity contribution in [3.63, 3.8) is 0 Å². The highest BCUT2D eigenvalue weighted by Gasteiger charge is 2.18. The van der Waals surface area contributed by atoms with Gasteiger partial charge in [0.2, 0.25) is 0 Å². The van der Waals surface area contributed by atoms with Crippen molar-refractivity contribution < 1.29 is 4.42 Å². The molecule has 0 aliphatic carbocycles. The summed E-state index contributed by atoms with van der Waals surface area (Å²) in [6.45, 7) is 3.01. The zero-order chi connectivity index (χ0) is 13.0. The summed E-state index contributed by atoms with van der Waals surface area (Å²) >= 11 is 12.2. The smallest absolute Gasteiger partial charge is 0.125 e. The van der Waals surface area contributed by atoms with Crippen LogP contribution in [0.2, 0.25) is 10.0 Å². The lowest BCUT2D eigenvalue weighted by Gasteiger charge is -2.18. The van der Waals surface area contributed by atoms with E-state index in [0.717, 1.165) is 24.3 Å². The van der Waals surface area contributed by atoms with Crippen LogP contribution in [0.4, 0.5) is 0 Å². The van der Waals surface area contributed by atoms with E-state index in [4.69, 9.17) is 27.6 Å². The Morgan fingerprint density at radius 3 is 2.72 bits per heavy atom. The van der Waals surface area contributed by atoms with Crippen molar-refractivity contribution in [2.75, 3.05) is 6.54 Å². The zero-order valence-electron chi connectivity index (χ0n) is 10.1. The second-order valence-corrected chi connectivity index (χ2v) is 4.91. The maximum absolute atomic E-state index is 6.25. The summed E-state index contributed by atoms with van der Waals surface area (Å²) in [5.74, 6) is 0.854. The van der Waals surface area contributed by atoms with Gasteiger partial charge in [-0.3, -0.25) is 0 Å². The molecule has 1 heterocycles. The van der Waals surface area contributed by atoms with Crippen LogP contribution in [0, 0.1) is 0 Å². The van der Waals surface area contributed by atoms with Crippen LogP contribution in [0.5, 0.6) is 0 Å². The Bertz CT molecular complexity index is 497. The topological polar surface area (TPSA) is 25.2 Å². The van der Waals surface area contributed by atoms with E-state index >= 15 is 0 Å². The van der Waals surface area contributed by atoms with Gasteiger partial charge >= 0.3 is 0 Å². The minimum Gasteiger partial charge on any atom is -0.467 e. The van der Waals surface area contributed by atoms with Crippen molar-refractivity contribution in [3.8, 4) is 0 Å². The third-order valence-electron chi connectivity index (χ3n) is 2.70. The first-order chi connectivity index (χ1) is 8.72. The fraction of sp³-hybridized carbons (Fsp3) is 0.286. The quantitative estimate of drug-likeness (QED) is 0.862. The van der Waals surface area contributed by atoms with Crippen molar-refractivity contribution in [1.82, 2.24) is 5.32 Å². The Hall–Kier alpha value is -0.960. The summed E-state index contributed by atoms with van der Waals surface area (Å²) in [6.07, 6.45) is 2.71. The molecule has 0 radical (unpaired) electrons. The van der Waals surface area contributed by atoms with E-state index in [0.29, 0.717) is 10.0 Å². The Kier molecular flexibility index (Phi) is 4.70. The van der Waals surface area contributed by atoms with Gasteiger partial charge in [0.05, 0.1) is 12.3 Å². The molecule has 4 heteroatoms. The van der Waals surface area contributed by atoms with Gasteiger partial charge in [-0.25, -0.2) is 0 Å². The normalized spacial score (nSPS) is 12.6. The van der Waals surface area contributed by atoms with E-state index in [2.05, 4.69) is 12.2 Å². The number of furan rings is 1. The maximum Gasteiger partial charge on any atom is 0.125 e. The van der Waals surface area contributed by atoms with E-state index in [9.17, 15) is 0 Å². The Balaban J connectivity index is 2.33. The van der Waals surface area contributed by atoms with Crippen LogP contribution in [-0.4, -0.2) is 6.54 Å². The van der Waals surface area contributed by atoms with Crippen LogP contribution in [0.3, 0.4) is 0 Å². The minimum absolute atomic E-state index is 0.0373. The highest BCUT2D eigenvalue weighted by atomic mass is 35.5. The highest BCUT2D eigenvalue weighted by molar-refractivity contribution is 6.35. The molecule has 0 spiro atoms. The molecule has 2 aromatic rings. The number of hydrogen-bond acceptors (Lipinski definition) is 2. The third kappa shape index (κ3) is 3.08. The summed E-state index contributed by atoms with van der Waals surface area (Å²) in [7, 11) is 0. The van der Waals surface area contributed by atoms with Crippen LogP contribution >= 0.6 is 23.2 Å². The van der Waals surface area contributed by atoms with Gasteiger partial charge in [-0.05, 0) is 42.8 Å². The Morgan fingerprint density at radius 2 is 2.11 bits per heavy atom. The van der Waals surface area contributed by atoms with Crippen LogP contribution in [0.25, 0.3) is 0 Å². The van der Waals surface area contributed by atoms with Crippen molar-refractivity contribution in [3.05, 3.63) is 58.0 Å². The largest absolute Gasteiger partial charge is 0.467 e. The van der Waals surface area contributed by atoms with Crippen LogP contribution in [0.1, 0.15) is 30.7 Å². The highest BCUT2D eigenvalue weighted by Crippen LogP contribution is 2.30. The lowest BCUT2D eigenvalue weighted by Crippen LogP contribution is -2.23. The molecular formula is C14H15Cl2NO. The number of nitrogens with one attached hydrogen (secondary N) is 1. The van der Waals surface area contributed by atoms with E-state index in [1.807, 2.05) is 24.3 Å². The summed E-state index contributed by atoms with van der Waals surface area (Å²) in [6, 6.07) is 9.30. The van der Waals surface area contributed by atoms with Gasteiger partial charge in [0, 0.05) is 10.0 Å². The molecule has 1 N–H and O–H groups in total. The Labute approximate surface area is 117 Å². The molecule has 0 saturated heterocycles. The molecule has 1 unspecified atom stereocenters. The third-order valence-corrected chi connectivity index (χ3v) is 3.26. The molecule has 0 fully saturated rings. The minimum atomic E-state index is -0.0373. The second kappa shape index (κ2) is 6.28. The number of hydrogen-bond donors (Lipinski definition) is 1. The average Bonchev–Trinajstić information content (AvgIpc) is 2.85. The van der Waals surface area contributed by atoms with Gasteiger partial charge in [-0.1, -0.05) is 36.2 Å². The molecular weight excluding hydrogens is 269 g/mol. The predicted octanol–water partition coefficient (Wildman–Crippen LogP) is 4.68. The van der Waals surface area contributed by atoms with Gasteiger partial charge in [0.15, 0.2) is 0 Å². The standard InChI is InChI=1S/C14H15Cl2NO/c1-2-7-17-14(13-4-3-8-18-13)11-6-5-10(15)9-12(11)16/h3-6,8-9,14,17H,2,7H2,1H3. The maximum atomic E-state index is 6.25. The molecule has 2 nitrogen and oxygen atoms in total. The molecule has 0 aliphatic heterocycles. The number of halogens is 2. The Morgan fingerprint density at radius 1 is 1.28 bits per heavy atom. The fourth-order valence-corrected chi connectivity index (χ4v) is 2.36. The van der Waals surface area contributed by atoms with Crippen molar-refractivity contribution in [2.24, 2.45) is 0 Å². The molecule has 0 bridgehead atoms. The average molecular weight is 284 g/mol. The molecule has 1 aromatic carbocycles. The number of benzene rings is 1. The molecule has 1 aromatic heterocycles. The SMILES string of the molecule is CCCNC(c1ccco1)c1ccc(Cl)cc1Cl. The van der Waals surface area contributed by atoms with Crippen molar-refractivity contribution in [2.45, 2.75) is 19.4 Å². The van der Waals surface area contributed by atoms with Gasteiger partial charge in [-0.15, -0.1) is 0 Å². The summed E-state index contributed by atoms with van der Waals surface area (Å²) in [4.78, 5) is 0. The van der Waals surface area contributed by atoms with E-state index in [-0.39, 0.29) is 6.04 Å². The molecule has 18 heavy (non-hydrogen) atoms. The zero-order valence-corrected chi connectivity index (χ0v) is 11.6. The number of rotatable bonds is 5. The van der Waals surface area contributed by atoms with Gasteiger partial charge in [0.1, 0.15) is 5.76 Å². The summed E-state index contributed by atoms with van der Waals surface area (Å²) < 4.78 is 5.48. The fourth-order valence-electron chi connectivity index (χ4n) is 1.84. The molecule has 0 amide bonds. The predicted molar refractivity (Wildman–Crippen MR) is 75.3 cm³/mol. The van der Waals surface area contributed by atoms with Gasteiger partial charge < -0.3 is 9.73 Å². The molecule has 2 rings (SSSR count). The second-order valence-electron chi connectivity index (χ2n) is 4.07. The molecule has 0 aliphatic rings. The van der Waals surface area contributed by atoms with Gasteiger partial charge in [0.25, 0.3) is 0 Å². The van der Waals surface area contributed by atoms with Crippen LogP contribution < -0.4 is 5.32 Å². The van der Waals surface area contributed by atoms with E-state index < -0.39 is 0 Å². The first-order valence-electron chi connectivity index (χ1n) is 5.94. The molecule has 0 saturated carbocycles. The molecule has 1 atom stereocenters. The summed E-state index contributed by atoms with van der Waals surface area (Å²) in [5, 5.41) is 4.71. The van der Waals surface area contributed by atoms with Crippen molar-refractivity contribution in [1.29, 1.82) is 0 Å².